The summed E-state index contributed by atoms with van der Waals surface area (Å²) in [4.78, 5) is 10.8. The quantitative estimate of drug-likeness (QED) is 0.755. The second kappa shape index (κ2) is 7.30. The molecule has 1 heterocycles. The molecule has 0 aliphatic heterocycles. The van der Waals surface area contributed by atoms with Gasteiger partial charge < -0.3 is 10.2 Å². The predicted molar refractivity (Wildman–Crippen MR) is 66.1 cm³/mol. The Labute approximate surface area is 98.1 Å². The summed E-state index contributed by atoms with van der Waals surface area (Å²) in [5.74, 6) is 0.855. The summed E-state index contributed by atoms with van der Waals surface area (Å²) < 4.78 is 0. The number of hydrogen-bond acceptors (Lipinski definition) is 4. The summed E-state index contributed by atoms with van der Waals surface area (Å²) >= 11 is 0. The number of nitrogens with one attached hydrogen (secondary N) is 1. The van der Waals surface area contributed by atoms with E-state index in [1.54, 1.807) is 12.4 Å². The minimum absolute atomic E-state index is 0.462. The number of rotatable bonds is 7. The minimum atomic E-state index is 0.462. The van der Waals surface area contributed by atoms with Crippen molar-refractivity contribution in [3.63, 3.8) is 0 Å². The third-order valence-corrected chi connectivity index (χ3v) is 2.65. The van der Waals surface area contributed by atoms with E-state index in [2.05, 4.69) is 41.0 Å². The molecule has 0 aliphatic rings. The maximum Gasteiger partial charge on any atom is 0.141 e. The largest absolute Gasteiger partial charge is 0.306 e. The molecule has 0 aromatic carbocycles. The Hall–Kier alpha value is -1.00. The van der Waals surface area contributed by atoms with Crippen molar-refractivity contribution in [3.05, 3.63) is 24.3 Å². The molecule has 0 spiro atoms. The molecule has 1 rings (SSSR count). The molecule has 1 atom stereocenters. The molecule has 0 fully saturated rings. The Morgan fingerprint density at radius 1 is 1.25 bits per heavy atom. The smallest absolute Gasteiger partial charge is 0.141 e. The molecule has 4 heteroatoms. The lowest BCUT2D eigenvalue weighted by molar-refractivity contribution is 0.270. The zero-order valence-corrected chi connectivity index (χ0v) is 10.5. The van der Waals surface area contributed by atoms with E-state index in [1.807, 2.05) is 6.07 Å². The summed E-state index contributed by atoms with van der Waals surface area (Å²) in [6.07, 6.45) is 3.55. The van der Waals surface area contributed by atoms with Crippen molar-refractivity contribution in [1.29, 1.82) is 0 Å². The molecular formula is C12H22N4. The maximum absolute atomic E-state index is 4.18. The van der Waals surface area contributed by atoms with Gasteiger partial charge in [0.1, 0.15) is 5.82 Å². The van der Waals surface area contributed by atoms with Gasteiger partial charge in [0.2, 0.25) is 0 Å². The summed E-state index contributed by atoms with van der Waals surface area (Å²) in [6.45, 7) is 10.6. The highest BCUT2D eigenvalue weighted by Crippen LogP contribution is 1.93. The predicted octanol–water partition coefficient (Wildman–Crippen LogP) is 1.30. The summed E-state index contributed by atoms with van der Waals surface area (Å²) in [5, 5.41) is 3.43. The lowest BCUT2D eigenvalue weighted by Crippen LogP contribution is -2.39. The topological polar surface area (TPSA) is 41.0 Å². The second-order valence-corrected chi connectivity index (χ2v) is 3.93. The third kappa shape index (κ3) is 4.68. The first kappa shape index (κ1) is 13.1. The van der Waals surface area contributed by atoms with Crippen LogP contribution in [0.15, 0.2) is 18.5 Å². The highest BCUT2D eigenvalue weighted by Gasteiger charge is 2.06. The molecular weight excluding hydrogens is 200 g/mol. The van der Waals surface area contributed by atoms with Crippen molar-refractivity contribution in [2.24, 2.45) is 0 Å². The molecule has 0 saturated heterocycles. The second-order valence-electron chi connectivity index (χ2n) is 3.93. The Morgan fingerprint density at radius 2 is 1.88 bits per heavy atom. The van der Waals surface area contributed by atoms with Crippen molar-refractivity contribution in [1.82, 2.24) is 20.2 Å². The molecule has 0 saturated carbocycles. The van der Waals surface area contributed by atoms with Gasteiger partial charge in [0.05, 0.1) is 6.54 Å². The van der Waals surface area contributed by atoms with Crippen LogP contribution in [0, 0.1) is 0 Å². The first-order chi connectivity index (χ1) is 7.76. The monoisotopic (exact) mass is 222 g/mol. The number of hydrogen-bond donors (Lipinski definition) is 1. The molecule has 0 bridgehead atoms. The van der Waals surface area contributed by atoms with Gasteiger partial charge >= 0.3 is 0 Å². The fourth-order valence-electron chi connectivity index (χ4n) is 1.62. The molecule has 4 nitrogen and oxygen atoms in total. The van der Waals surface area contributed by atoms with Crippen molar-refractivity contribution in [2.45, 2.75) is 33.4 Å². The van der Waals surface area contributed by atoms with E-state index in [-0.39, 0.29) is 0 Å². The van der Waals surface area contributed by atoms with Crippen LogP contribution in [0.5, 0.6) is 0 Å². The van der Waals surface area contributed by atoms with Gasteiger partial charge in [-0.1, -0.05) is 13.8 Å². The maximum atomic E-state index is 4.18. The normalized spacial score (nSPS) is 13.0. The van der Waals surface area contributed by atoms with Gasteiger partial charge in [-0.2, -0.15) is 0 Å². The van der Waals surface area contributed by atoms with E-state index >= 15 is 0 Å². The first-order valence-electron chi connectivity index (χ1n) is 5.97. The zero-order valence-electron chi connectivity index (χ0n) is 10.5. The molecule has 16 heavy (non-hydrogen) atoms. The first-order valence-corrected chi connectivity index (χ1v) is 5.97. The standard InChI is InChI=1S/C12H22N4/c1-4-16(5-2)10-11(3)15-9-12-13-7-6-8-14-12/h6-8,11,15H,4-5,9-10H2,1-3H3. The van der Waals surface area contributed by atoms with E-state index < -0.39 is 0 Å². The van der Waals surface area contributed by atoms with E-state index in [0.717, 1.165) is 32.0 Å². The Balaban J connectivity index is 2.27. The van der Waals surface area contributed by atoms with Crippen LogP contribution in [0.1, 0.15) is 26.6 Å². The highest BCUT2D eigenvalue weighted by atomic mass is 15.1. The molecule has 1 N–H and O–H groups in total. The highest BCUT2D eigenvalue weighted by molar-refractivity contribution is 4.88. The van der Waals surface area contributed by atoms with Crippen LogP contribution in [0.2, 0.25) is 0 Å². The zero-order chi connectivity index (χ0) is 11.8. The van der Waals surface area contributed by atoms with Crippen LogP contribution in [0.4, 0.5) is 0 Å². The van der Waals surface area contributed by atoms with Gasteiger partial charge in [-0.15, -0.1) is 0 Å². The van der Waals surface area contributed by atoms with Gasteiger partial charge in [-0.05, 0) is 26.1 Å². The van der Waals surface area contributed by atoms with Crippen LogP contribution >= 0.6 is 0 Å². The van der Waals surface area contributed by atoms with Crippen molar-refractivity contribution in [2.75, 3.05) is 19.6 Å². The van der Waals surface area contributed by atoms with Crippen LogP contribution in [0.25, 0.3) is 0 Å². The lowest BCUT2D eigenvalue weighted by atomic mass is 10.3. The molecule has 0 amide bonds. The van der Waals surface area contributed by atoms with Crippen LogP contribution in [0.3, 0.4) is 0 Å². The van der Waals surface area contributed by atoms with Crippen LogP contribution < -0.4 is 5.32 Å². The van der Waals surface area contributed by atoms with Gasteiger partial charge in [0, 0.05) is 25.0 Å². The molecule has 0 aliphatic carbocycles. The van der Waals surface area contributed by atoms with E-state index in [1.165, 1.54) is 0 Å². The minimum Gasteiger partial charge on any atom is -0.306 e. The average molecular weight is 222 g/mol. The third-order valence-electron chi connectivity index (χ3n) is 2.65. The molecule has 1 aromatic rings. The fourth-order valence-corrected chi connectivity index (χ4v) is 1.62. The van der Waals surface area contributed by atoms with Crippen LogP contribution in [-0.2, 0) is 6.54 Å². The van der Waals surface area contributed by atoms with Crippen molar-refractivity contribution >= 4 is 0 Å². The lowest BCUT2D eigenvalue weighted by Gasteiger charge is -2.23. The van der Waals surface area contributed by atoms with E-state index in [9.17, 15) is 0 Å². The molecule has 1 unspecified atom stereocenters. The Kier molecular flexibility index (Phi) is 5.96. The molecule has 1 aromatic heterocycles. The van der Waals surface area contributed by atoms with Gasteiger partial charge in [0.15, 0.2) is 0 Å². The van der Waals surface area contributed by atoms with Crippen LogP contribution in [-0.4, -0.2) is 40.5 Å². The van der Waals surface area contributed by atoms with E-state index in [0.29, 0.717) is 6.04 Å². The Morgan fingerprint density at radius 3 is 2.44 bits per heavy atom. The summed E-state index contributed by atoms with van der Waals surface area (Å²) in [5.41, 5.74) is 0. The number of nitrogens with zero attached hydrogens (tertiary/aromatic N) is 3. The SMILES string of the molecule is CCN(CC)CC(C)NCc1ncccn1. The van der Waals surface area contributed by atoms with Gasteiger partial charge in [-0.3, -0.25) is 0 Å². The Bertz CT molecular complexity index is 272. The fraction of sp³-hybridized carbons (Fsp3) is 0.667. The van der Waals surface area contributed by atoms with E-state index in [4.69, 9.17) is 0 Å². The molecule has 0 radical (unpaired) electrons. The molecule has 90 valence electrons. The number of likely N-dealkylation sites (N-methyl/N-ethyl adjacent to an activating group) is 1. The van der Waals surface area contributed by atoms with Gasteiger partial charge in [-0.25, -0.2) is 9.97 Å². The van der Waals surface area contributed by atoms with Crippen molar-refractivity contribution < 1.29 is 0 Å². The average Bonchev–Trinajstić information content (AvgIpc) is 2.34. The number of aromatic nitrogens is 2. The summed E-state index contributed by atoms with van der Waals surface area (Å²) in [6, 6.07) is 2.30. The van der Waals surface area contributed by atoms with Crippen molar-refractivity contribution in [3.8, 4) is 0 Å². The summed E-state index contributed by atoms with van der Waals surface area (Å²) in [7, 11) is 0. The van der Waals surface area contributed by atoms with Gasteiger partial charge in [0.25, 0.3) is 0 Å².